The Morgan fingerprint density at radius 3 is 2.00 bits per heavy atom. The van der Waals surface area contributed by atoms with Crippen LogP contribution in [0.15, 0.2) is 18.2 Å². The molecule has 9 heteroatoms. The van der Waals surface area contributed by atoms with Crippen LogP contribution in [-0.4, -0.2) is 18.3 Å². The van der Waals surface area contributed by atoms with Crippen LogP contribution in [0.25, 0.3) is 0 Å². The van der Waals surface area contributed by atoms with E-state index in [1.807, 2.05) is 0 Å². The predicted molar refractivity (Wildman–Crippen MR) is 49.9 cm³/mol. The van der Waals surface area contributed by atoms with E-state index in [2.05, 4.69) is 0 Å². The third-order valence-corrected chi connectivity index (χ3v) is 4.12. The molecule has 1 aromatic rings. The second-order valence-electron chi connectivity index (χ2n) is 3.16. The molecule has 0 bridgehead atoms. The highest BCUT2D eigenvalue weighted by Crippen LogP contribution is 2.59. The van der Waals surface area contributed by atoms with Gasteiger partial charge in [-0.15, -0.1) is 0 Å². The summed E-state index contributed by atoms with van der Waals surface area (Å²) in [5.74, 6) is -3.49. The van der Waals surface area contributed by atoms with E-state index in [1.54, 1.807) is 0 Å². The van der Waals surface area contributed by atoms with Crippen molar-refractivity contribution in [2.75, 3.05) is 6.42 Å². The minimum Gasteiger partial charge on any atom is -0.246 e. The first-order valence-corrected chi connectivity index (χ1v) is 5.87. The lowest BCUT2D eigenvalue weighted by atomic mass is 10.3. The highest BCUT2D eigenvalue weighted by Gasteiger charge is 2.63. The average Bonchev–Trinajstić information content (AvgIpc) is 2.23. The summed E-state index contributed by atoms with van der Waals surface area (Å²) in [5, 5.41) is -1.28. The molecule has 0 spiro atoms. The van der Waals surface area contributed by atoms with Crippen molar-refractivity contribution in [1.29, 1.82) is 0 Å². The second kappa shape index (κ2) is 4.99. The van der Waals surface area contributed by atoms with Gasteiger partial charge < -0.3 is 0 Å². The van der Waals surface area contributed by atoms with Gasteiger partial charge in [-0.2, -0.15) is 22.0 Å². The Labute approximate surface area is 97.4 Å². The molecule has 0 saturated carbocycles. The number of alkyl halides is 6. The Morgan fingerprint density at radius 2 is 1.56 bits per heavy atom. The van der Waals surface area contributed by atoms with Crippen molar-refractivity contribution in [3.05, 3.63) is 29.8 Å². The first kappa shape index (κ1) is 15.1. The Morgan fingerprint density at radius 1 is 1.00 bits per heavy atom. The molecule has 18 heavy (non-hydrogen) atoms. The van der Waals surface area contributed by atoms with E-state index in [1.165, 1.54) is 0 Å². The smallest absolute Gasteiger partial charge is 0.246 e. The van der Waals surface area contributed by atoms with Crippen molar-refractivity contribution in [3.63, 3.8) is 0 Å². The Kier molecular flexibility index (Phi) is 4.20. The van der Waals surface area contributed by atoms with Crippen LogP contribution >= 0.6 is 7.92 Å². The van der Waals surface area contributed by atoms with Crippen LogP contribution < -0.4 is 5.30 Å². The van der Waals surface area contributed by atoms with Gasteiger partial charge in [-0.25, -0.2) is 13.2 Å². The average molecular weight is 296 g/mol. The van der Waals surface area contributed by atoms with Gasteiger partial charge in [-0.05, 0) is 6.07 Å². The maximum Gasteiger partial charge on any atom is 0.457 e. The molecule has 0 aliphatic rings. The molecular weight excluding hydrogens is 291 g/mol. The highest BCUT2D eigenvalue weighted by atomic mass is 31.1. The molecule has 0 nitrogen and oxygen atoms in total. The summed E-state index contributed by atoms with van der Waals surface area (Å²) in [6, 6.07) is 1.80. The fourth-order valence-electron chi connectivity index (χ4n) is 1.14. The zero-order valence-electron chi connectivity index (χ0n) is 8.41. The molecule has 102 valence electrons. The third kappa shape index (κ3) is 2.58. The van der Waals surface area contributed by atoms with Crippen molar-refractivity contribution in [2.45, 2.75) is 11.8 Å². The molecular formula is C9H5F8P. The van der Waals surface area contributed by atoms with Crippen LogP contribution in [0.3, 0.4) is 0 Å². The van der Waals surface area contributed by atoms with Gasteiger partial charge in [0.05, 0.1) is 0 Å². The summed E-state index contributed by atoms with van der Waals surface area (Å²) in [5.41, 5.74) is -5.42. The van der Waals surface area contributed by atoms with Crippen molar-refractivity contribution in [1.82, 2.24) is 0 Å². The quantitative estimate of drug-likeness (QED) is 0.580. The molecule has 0 aliphatic carbocycles. The lowest BCUT2D eigenvalue weighted by Crippen LogP contribution is -2.38. The van der Waals surface area contributed by atoms with Crippen molar-refractivity contribution in [2.24, 2.45) is 0 Å². The van der Waals surface area contributed by atoms with Gasteiger partial charge in [0.2, 0.25) is 0 Å². The van der Waals surface area contributed by atoms with Crippen LogP contribution in [0.1, 0.15) is 0 Å². The van der Waals surface area contributed by atoms with E-state index < -0.39 is 43.1 Å². The molecule has 0 N–H and O–H groups in total. The van der Waals surface area contributed by atoms with E-state index in [0.29, 0.717) is 12.1 Å². The van der Waals surface area contributed by atoms with Crippen molar-refractivity contribution in [3.8, 4) is 0 Å². The maximum absolute atomic E-state index is 13.1. The van der Waals surface area contributed by atoms with Crippen LogP contribution in [0, 0.1) is 11.6 Å². The number of hydrogen-bond acceptors (Lipinski definition) is 0. The molecule has 1 atom stereocenters. The van der Waals surface area contributed by atoms with Crippen LogP contribution in [0.4, 0.5) is 35.1 Å². The van der Waals surface area contributed by atoms with Crippen LogP contribution in [-0.2, 0) is 0 Å². The summed E-state index contributed by atoms with van der Waals surface area (Å²) < 4.78 is 100. The van der Waals surface area contributed by atoms with E-state index in [-0.39, 0.29) is 0 Å². The maximum atomic E-state index is 13.1. The normalized spacial score (nSPS) is 14.7. The van der Waals surface area contributed by atoms with Crippen LogP contribution in [0.2, 0.25) is 0 Å². The Balaban J connectivity index is 3.31. The Bertz CT molecular complexity index is 427. The molecule has 1 unspecified atom stereocenters. The predicted octanol–water partition coefficient (Wildman–Crippen LogP) is 4.15. The van der Waals surface area contributed by atoms with Gasteiger partial charge in [0, 0.05) is 13.2 Å². The fraction of sp³-hybridized carbons (Fsp3) is 0.333. The van der Waals surface area contributed by atoms with Crippen molar-refractivity contribution >= 4 is 13.2 Å². The lowest BCUT2D eigenvalue weighted by Gasteiger charge is -2.27. The molecule has 0 aromatic heterocycles. The standard InChI is InChI=1S/C9H5F8P/c10-4-18(9(16,17)8(13,14)15)6-3-1-2-5(11)7(6)12/h1-3H,4H2. The molecule has 0 aliphatic heterocycles. The first-order chi connectivity index (χ1) is 8.13. The van der Waals surface area contributed by atoms with Gasteiger partial charge >= 0.3 is 11.8 Å². The molecule has 0 fully saturated rings. The topological polar surface area (TPSA) is 0 Å². The van der Waals surface area contributed by atoms with E-state index in [0.717, 1.165) is 6.07 Å². The van der Waals surface area contributed by atoms with Gasteiger partial charge in [0.15, 0.2) is 11.6 Å². The number of halogens is 8. The second-order valence-corrected chi connectivity index (χ2v) is 5.30. The minimum atomic E-state index is -6.02. The lowest BCUT2D eigenvalue weighted by molar-refractivity contribution is -0.240. The third-order valence-electron chi connectivity index (χ3n) is 2.02. The summed E-state index contributed by atoms with van der Waals surface area (Å²) in [7, 11) is -3.86. The van der Waals surface area contributed by atoms with E-state index in [4.69, 9.17) is 0 Å². The number of rotatable bonds is 3. The van der Waals surface area contributed by atoms with E-state index >= 15 is 0 Å². The first-order valence-electron chi connectivity index (χ1n) is 4.35. The fourth-order valence-corrected chi connectivity index (χ4v) is 2.64. The van der Waals surface area contributed by atoms with E-state index in [9.17, 15) is 35.1 Å². The summed E-state index contributed by atoms with van der Waals surface area (Å²) in [6.07, 6.45) is -8.13. The SMILES string of the molecule is FCP(c1cccc(F)c1F)C(F)(F)C(F)(F)F. The summed E-state index contributed by atoms with van der Waals surface area (Å²) >= 11 is 0. The Hall–Kier alpha value is -0.910. The summed E-state index contributed by atoms with van der Waals surface area (Å²) in [4.78, 5) is 0. The zero-order valence-corrected chi connectivity index (χ0v) is 9.30. The molecule has 1 rings (SSSR count). The van der Waals surface area contributed by atoms with Crippen molar-refractivity contribution < 1.29 is 35.1 Å². The molecule has 0 amide bonds. The zero-order chi connectivity index (χ0) is 14.1. The molecule has 0 heterocycles. The van der Waals surface area contributed by atoms with Gasteiger partial charge in [0.25, 0.3) is 0 Å². The number of hydrogen-bond donors (Lipinski definition) is 0. The van der Waals surface area contributed by atoms with Gasteiger partial charge in [-0.1, -0.05) is 12.1 Å². The highest BCUT2D eigenvalue weighted by molar-refractivity contribution is 7.66. The molecule has 0 radical (unpaired) electrons. The van der Waals surface area contributed by atoms with Gasteiger partial charge in [-0.3, -0.25) is 0 Å². The largest absolute Gasteiger partial charge is 0.457 e. The van der Waals surface area contributed by atoms with Gasteiger partial charge in [0.1, 0.15) is 6.42 Å². The minimum absolute atomic E-state index is 0.517. The monoisotopic (exact) mass is 296 g/mol. The summed E-state index contributed by atoms with van der Waals surface area (Å²) in [6.45, 7) is 0. The molecule has 1 aromatic carbocycles. The number of benzene rings is 1. The van der Waals surface area contributed by atoms with Crippen LogP contribution in [0.5, 0.6) is 0 Å². The molecule has 0 saturated heterocycles.